The van der Waals surface area contributed by atoms with E-state index in [2.05, 4.69) is 15.5 Å². The maximum atomic E-state index is 12.3. The number of rotatable bonds is 5. The van der Waals surface area contributed by atoms with Gasteiger partial charge >= 0.3 is 0 Å². The maximum Gasteiger partial charge on any atom is 0.233 e. The fourth-order valence-corrected chi connectivity index (χ4v) is 4.18. The summed E-state index contributed by atoms with van der Waals surface area (Å²) < 4.78 is 6.19. The van der Waals surface area contributed by atoms with Crippen LogP contribution in [0.4, 0.5) is 5.13 Å². The van der Waals surface area contributed by atoms with Gasteiger partial charge in [0.1, 0.15) is 0 Å². The lowest BCUT2D eigenvalue weighted by atomic mass is 9.82. The number of nitrogens with one attached hydrogen (secondary N) is 1. The van der Waals surface area contributed by atoms with Crippen molar-refractivity contribution >= 4 is 40.1 Å². The number of hydrogen-bond donors (Lipinski definition) is 1. The van der Waals surface area contributed by atoms with Crippen LogP contribution in [0.2, 0.25) is 0 Å². The van der Waals surface area contributed by atoms with E-state index in [1.165, 1.54) is 23.1 Å². The van der Waals surface area contributed by atoms with Crippen LogP contribution < -0.4 is 10.4 Å². The summed E-state index contributed by atoms with van der Waals surface area (Å²) in [5.74, 6) is -2.59. The van der Waals surface area contributed by atoms with Crippen molar-refractivity contribution in [3.63, 3.8) is 0 Å². The Morgan fingerprint density at radius 3 is 2.76 bits per heavy atom. The Bertz CT molecular complexity index is 603. The fraction of sp³-hybridized carbons (Fsp3) is 0.500. The van der Waals surface area contributed by atoms with E-state index in [4.69, 9.17) is 4.74 Å². The number of aromatic nitrogens is 2. The lowest BCUT2D eigenvalue weighted by Crippen LogP contribution is -2.45. The van der Waals surface area contributed by atoms with Crippen LogP contribution in [0.1, 0.15) is 6.92 Å². The van der Waals surface area contributed by atoms with Gasteiger partial charge in [-0.25, -0.2) is 0 Å². The highest BCUT2D eigenvalue weighted by atomic mass is 32.2. The van der Waals surface area contributed by atoms with Gasteiger partial charge in [-0.1, -0.05) is 42.2 Å². The number of carbonyl (C=O) groups is 2. The van der Waals surface area contributed by atoms with Crippen LogP contribution in [0.5, 0.6) is 0 Å². The Kier molecular flexibility index (Phi) is 3.96. The molecule has 1 aromatic heterocycles. The average Bonchev–Trinajstić information content (AvgIpc) is 3.13. The average molecular weight is 326 g/mol. The number of nitrogens with zero attached hydrogens (tertiary/aromatic N) is 2. The standard InChI is InChI=1S/C12H13N3O4S2/c1-2-20-12-15-14-11(21-12)13-9(16)7-5-3-4-6(19-5)8(7)10(17)18/h3-8H,2H2,1H3,(H,17,18)(H,13,14,16)/p-1/t5-,6+,7-,8-/m0/s1. The molecule has 0 radical (unpaired) electrons. The molecule has 1 saturated heterocycles. The minimum absolute atomic E-state index is 0.361. The van der Waals surface area contributed by atoms with E-state index in [0.717, 1.165) is 10.1 Å². The van der Waals surface area contributed by atoms with Gasteiger partial charge < -0.3 is 20.0 Å². The van der Waals surface area contributed by atoms with Gasteiger partial charge in [0, 0.05) is 11.9 Å². The largest absolute Gasteiger partial charge is 0.550 e. The van der Waals surface area contributed by atoms with Gasteiger partial charge in [-0.05, 0) is 5.75 Å². The number of aliphatic carboxylic acids is 1. The van der Waals surface area contributed by atoms with Gasteiger partial charge in [0.05, 0.1) is 18.1 Å². The first-order valence-electron chi connectivity index (χ1n) is 6.42. The molecule has 9 heteroatoms. The molecule has 1 N–H and O–H groups in total. The minimum atomic E-state index is -1.27. The van der Waals surface area contributed by atoms with E-state index >= 15 is 0 Å². The first-order chi connectivity index (χ1) is 10.1. The fourth-order valence-electron chi connectivity index (χ4n) is 2.53. The van der Waals surface area contributed by atoms with Gasteiger partial charge in [0.2, 0.25) is 11.0 Å². The van der Waals surface area contributed by atoms with Crippen LogP contribution in [0.15, 0.2) is 16.5 Å². The molecular weight excluding hydrogens is 314 g/mol. The van der Waals surface area contributed by atoms with E-state index in [1.54, 1.807) is 12.2 Å². The zero-order valence-corrected chi connectivity index (χ0v) is 12.6. The van der Waals surface area contributed by atoms with Crippen LogP contribution in [-0.2, 0) is 14.3 Å². The molecule has 0 spiro atoms. The van der Waals surface area contributed by atoms with Crippen molar-refractivity contribution in [2.45, 2.75) is 23.5 Å². The third-order valence-corrected chi connectivity index (χ3v) is 5.23. The molecule has 2 aliphatic heterocycles. The van der Waals surface area contributed by atoms with Crippen LogP contribution in [-0.4, -0.2) is 40.0 Å². The Balaban J connectivity index is 1.72. The normalized spacial score (nSPS) is 29.8. The summed E-state index contributed by atoms with van der Waals surface area (Å²) in [4.78, 5) is 23.5. The summed E-state index contributed by atoms with van der Waals surface area (Å²) in [6.07, 6.45) is 2.27. The molecule has 2 bridgehead atoms. The number of anilines is 1. The first kappa shape index (κ1) is 14.5. The van der Waals surface area contributed by atoms with Crippen LogP contribution in [0.3, 0.4) is 0 Å². The second kappa shape index (κ2) is 5.74. The summed E-state index contributed by atoms with van der Waals surface area (Å²) >= 11 is 2.79. The van der Waals surface area contributed by atoms with Gasteiger partial charge in [-0.2, -0.15) is 0 Å². The highest BCUT2D eigenvalue weighted by Crippen LogP contribution is 2.39. The van der Waals surface area contributed by atoms with Crippen molar-refractivity contribution in [3.8, 4) is 0 Å². The maximum absolute atomic E-state index is 12.3. The van der Waals surface area contributed by atoms with Gasteiger partial charge in [-0.3, -0.25) is 4.79 Å². The Morgan fingerprint density at radius 2 is 2.10 bits per heavy atom. The van der Waals surface area contributed by atoms with Crippen LogP contribution >= 0.6 is 23.1 Å². The SMILES string of the molecule is CCSc1nnc(NC(=O)[C@@H]2[C@@H](C(=O)[O-])[C@H]3C=C[C@@H]2O3)s1. The molecule has 21 heavy (non-hydrogen) atoms. The summed E-state index contributed by atoms with van der Waals surface area (Å²) in [6.45, 7) is 1.99. The lowest BCUT2D eigenvalue weighted by Gasteiger charge is -2.24. The van der Waals surface area contributed by atoms with E-state index in [9.17, 15) is 14.7 Å². The van der Waals surface area contributed by atoms with Crippen molar-refractivity contribution < 1.29 is 19.4 Å². The smallest absolute Gasteiger partial charge is 0.233 e. The lowest BCUT2D eigenvalue weighted by molar-refractivity contribution is -0.313. The molecule has 0 saturated carbocycles. The number of carboxylic acids is 1. The van der Waals surface area contributed by atoms with Crippen LogP contribution in [0, 0.1) is 11.8 Å². The van der Waals surface area contributed by atoms with Crippen molar-refractivity contribution in [2.75, 3.05) is 11.1 Å². The number of amides is 1. The predicted molar refractivity (Wildman–Crippen MR) is 74.7 cm³/mol. The molecule has 112 valence electrons. The van der Waals surface area contributed by atoms with Gasteiger partial charge in [0.15, 0.2) is 4.34 Å². The molecule has 1 amide bonds. The van der Waals surface area contributed by atoms with Crippen molar-refractivity contribution in [1.82, 2.24) is 10.2 Å². The zero-order valence-electron chi connectivity index (χ0n) is 11.0. The Hall–Kier alpha value is -1.45. The molecule has 0 aromatic carbocycles. The third-order valence-electron chi connectivity index (χ3n) is 3.38. The molecule has 3 heterocycles. The van der Waals surface area contributed by atoms with E-state index < -0.39 is 35.9 Å². The molecular formula is C12H12N3O4S2-. The second-order valence-corrected chi connectivity index (χ2v) is 7.10. The molecule has 0 aliphatic carbocycles. The van der Waals surface area contributed by atoms with Gasteiger partial charge in [0.25, 0.3) is 0 Å². The van der Waals surface area contributed by atoms with Gasteiger partial charge in [-0.15, -0.1) is 10.2 Å². The van der Waals surface area contributed by atoms with Crippen LogP contribution in [0.25, 0.3) is 0 Å². The second-order valence-electron chi connectivity index (χ2n) is 4.62. The highest BCUT2D eigenvalue weighted by Gasteiger charge is 2.50. The molecule has 3 rings (SSSR count). The molecule has 2 aliphatic rings. The Morgan fingerprint density at radius 1 is 1.38 bits per heavy atom. The van der Waals surface area contributed by atoms with E-state index in [-0.39, 0.29) is 0 Å². The number of ether oxygens (including phenoxy) is 1. The number of hydrogen-bond acceptors (Lipinski definition) is 8. The number of fused-ring (bicyclic) bond motifs is 2. The number of thioether (sulfide) groups is 1. The number of carboxylic acid groups (broad SMARTS) is 1. The molecule has 0 unspecified atom stereocenters. The third kappa shape index (κ3) is 2.68. The van der Waals surface area contributed by atoms with E-state index in [0.29, 0.717) is 5.13 Å². The van der Waals surface area contributed by atoms with E-state index in [1.807, 2.05) is 6.92 Å². The summed E-state index contributed by atoms with van der Waals surface area (Å²) in [7, 11) is 0. The molecule has 1 aromatic rings. The predicted octanol–water partition coefficient (Wildman–Crippen LogP) is -0.0919. The Labute approximate surface area is 128 Å². The molecule has 1 fully saturated rings. The van der Waals surface area contributed by atoms with Crippen molar-refractivity contribution in [1.29, 1.82) is 0 Å². The highest BCUT2D eigenvalue weighted by molar-refractivity contribution is 8.01. The summed E-state index contributed by atoms with van der Waals surface area (Å²) in [5.41, 5.74) is 0. The molecule has 4 atom stereocenters. The monoisotopic (exact) mass is 326 g/mol. The zero-order chi connectivity index (χ0) is 15.0. The number of carbonyl (C=O) groups excluding carboxylic acids is 2. The minimum Gasteiger partial charge on any atom is -0.550 e. The first-order valence-corrected chi connectivity index (χ1v) is 8.22. The van der Waals surface area contributed by atoms with Crippen molar-refractivity contribution in [2.24, 2.45) is 11.8 Å². The summed E-state index contributed by atoms with van der Waals surface area (Å²) in [6, 6.07) is 0. The van der Waals surface area contributed by atoms with Crippen molar-refractivity contribution in [3.05, 3.63) is 12.2 Å². The summed E-state index contributed by atoms with van der Waals surface area (Å²) in [5, 5.41) is 22.0. The topological polar surface area (TPSA) is 104 Å². The quantitative estimate of drug-likeness (QED) is 0.458. The molecule has 7 nitrogen and oxygen atoms in total.